The second kappa shape index (κ2) is 10.0. The number of piperazine rings is 1. The Hall–Kier alpha value is -0.810. The van der Waals surface area contributed by atoms with Crippen molar-refractivity contribution in [3.05, 3.63) is 0 Å². The Balaban J connectivity index is 1.96. The minimum Gasteiger partial charge on any atom is -0.370 e. The molecule has 0 aromatic heterocycles. The molecule has 0 amide bonds. The number of hydrogen-bond acceptors (Lipinski definition) is 3. The monoisotopic (exact) mass is 269 g/mol. The standard InChI is InChI=1S/C14H31N5/c1-3-7-16-14(15)17-8-5-6-9-19-12-10-18(4-2)11-13-19/h3-13H2,1-2H3,(H3,15,16,17). The van der Waals surface area contributed by atoms with Crippen molar-refractivity contribution in [3.8, 4) is 0 Å². The first kappa shape index (κ1) is 16.2. The van der Waals surface area contributed by atoms with Crippen molar-refractivity contribution in [2.45, 2.75) is 33.1 Å². The van der Waals surface area contributed by atoms with Gasteiger partial charge in [-0.2, -0.15) is 0 Å². The van der Waals surface area contributed by atoms with E-state index in [2.05, 4.69) is 34.0 Å². The highest BCUT2D eigenvalue weighted by molar-refractivity contribution is 5.77. The minimum atomic E-state index is 0.596. The second-order valence-corrected chi connectivity index (χ2v) is 5.18. The molecule has 0 aromatic rings. The number of unbranched alkanes of at least 4 members (excludes halogenated alkanes) is 1. The third-order valence-electron chi connectivity index (χ3n) is 3.63. The SMILES string of the molecule is CCCN=C(N)NCCCCN1CCN(CC)CC1. The molecular formula is C14H31N5. The average Bonchev–Trinajstić information content (AvgIpc) is 2.45. The summed E-state index contributed by atoms with van der Waals surface area (Å²) in [5.74, 6) is 0.596. The van der Waals surface area contributed by atoms with E-state index in [1.54, 1.807) is 0 Å². The molecule has 1 saturated heterocycles. The Kier molecular flexibility index (Phi) is 8.58. The van der Waals surface area contributed by atoms with Crippen molar-refractivity contribution >= 4 is 5.96 Å². The third kappa shape index (κ3) is 7.38. The van der Waals surface area contributed by atoms with Gasteiger partial charge in [0.05, 0.1) is 0 Å². The molecule has 0 spiro atoms. The summed E-state index contributed by atoms with van der Waals surface area (Å²) >= 11 is 0. The van der Waals surface area contributed by atoms with Gasteiger partial charge in [0.15, 0.2) is 5.96 Å². The molecule has 0 atom stereocenters. The van der Waals surface area contributed by atoms with Gasteiger partial charge >= 0.3 is 0 Å². The summed E-state index contributed by atoms with van der Waals surface area (Å²) in [6, 6.07) is 0. The fourth-order valence-electron chi connectivity index (χ4n) is 2.29. The molecule has 1 heterocycles. The lowest BCUT2D eigenvalue weighted by Crippen LogP contribution is -2.46. The normalized spacial score (nSPS) is 18.7. The molecule has 1 rings (SSSR count). The summed E-state index contributed by atoms with van der Waals surface area (Å²) in [6.45, 7) is 13.4. The zero-order chi connectivity index (χ0) is 13.9. The van der Waals surface area contributed by atoms with E-state index in [1.165, 1.54) is 45.7 Å². The summed E-state index contributed by atoms with van der Waals surface area (Å²) in [5, 5.41) is 3.17. The van der Waals surface area contributed by atoms with Crippen molar-refractivity contribution in [2.75, 3.05) is 52.4 Å². The fraction of sp³-hybridized carbons (Fsp3) is 0.929. The predicted molar refractivity (Wildman–Crippen MR) is 82.6 cm³/mol. The van der Waals surface area contributed by atoms with Crippen molar-refractivity contribution in [3.63, 3.8) is 0 Å². The van der Waals surface area contributed by atoms with Gasteiger partial charge in [-0.15, -0.1) is 0 Å². The van der Waals surface area contributed by atoms with Crippen LogP contribution >= 0.6 is 0 Å². The number of guanidine groups is 1. The first-order chi connectivity index (χ1) is 9.26. The highest BCUT2D eigenvalue weighted by Crippen LogP contribution is 2.02. The maximum absolute atomic E-state index is 5.74. The Morgan fingerprint density at radius 2 is 1.79 bits per heavy atom. The van der Waals surface area contributed by atoms with E-state index in [4.69, 9.17) is 5.73 Å². The quantitative estimate of drug-likeness (QED) is 0.387. The smallest absolute Gasteiger partial charge is 0.188 e. The molecule has 5 heteroatoms. The Morgan fingerprint density at radius 1 is 1.11 bits per heavy atom. The molecule has 0 saturated carbocycles. The number of rotatable bonds is 8. The number of aliphatic imine (C=N–C) groups is 1. The van der Waals surface area contributed by atoms with Crippen molar-refractivity contribution in [1.29, 1.82) is 0 Å². The third-order valence-corrected chi connectivity index (χ3v) is 3.63. The van der Waals surface area contributed by atoms with Crippen molar-refractivity contribution < 1.29 is 0 Å². The molecule has 1 fully saturated rings. The van der Waals surface area contributed by atoms with E-state index < -0.39 is 0 Å². The van der Waals surface area contributed by atoms with Crippen LogP contribution in [0.25, 0.3) is 0 Å². The van der Waals surface area contributed by atoms with Gasteiger partial charge in [0.1, 0.15) is 0 Å². The van der Waals surface area contributed by atoms with E-state index >= 15 is 0 Å². The Labute approximate surface area is 118 Å². The maximum atomic E-state index is 5.74. The molecule has 0 bridgehead atoms. The van der Waals surface area contributed by atoms with Crippen LogP contribution in [0.3, 0.4) is 0 Å². The molecule has 5 nitrogen and oxygen atoms in total. The lowest BCUT2D eigenvalue weighted by Gasteiger charge is -2.33. The van der Waals surface area contributed by atoms with Crippen LogP contribution in [0.5, 0.6) is 0 Å². The summed E-state index contributed by atoms with van der Waals surface area (Å²) < 4.78 is 0. The Bertz CT molecular complexity index is 246. The van der Waals surface area contributed by atoms with E-state index in [1.807, 2.05) is 0 Å². The second-order valence-electron chi connectivity index (χ2n) is 5.18. The molecule has 112 valence electrons. The molecule has 0 aliphatic carbocycles. The first-order valence-electron chi connectivity index (χ1n) is 7.74. The zero-order valence-corrected chi connectivity index (χ0v) is 12.7. The van der Waals surface area contributed by atoms with Crippen LogP contribution < -0.4 is 11.1 Å². The molecular weight excluding hydrogens is 238 g/mol. The Morgan fingerprint density at radius 3 is 2.42 bits per heavy atom. The molecule has 0 aromatic carbocycles. The van der Waals surface area contributed by atoms with Crippen LogP contribution in [0, 0.1) is 0 Å². The number of nitrogens with two attached hydrogens (primary N) is 1. The number of hydrogen-bond donors (Lipinski definition) is 2. The van der Waals surface area contributed by atoms with Crippen LogP contribution in [0.15, 0.2) is 4.99 Å². The van der Waals surface area contributed by atoms with E-state index in [0.29, 0.717) is 5.96 Å². The predicted octanol–water partition coefficient (Wildman–Crippen LogP) is 0.718. The lowest BCUT2D eigenvalue weighted by molar-refractivity contribution is 0.136. The number of nitrogens with zero attached hydrogens (tertiary/aromatic N) is 3. The molecule has 1 aliphatic heterocycles. The van der Waals surface area contributed by atoms with Crippen LogP contribution in [0.2, 0.25) is 0 Å². The van der Waals surface area contributed by atoms with Crippen LogP contribution in [0.1, 0.15) is 33.1 Å². The van der Waals surface area contributed by atoms with E-state index in [-0.39, 0.29) is 0 Å². The topological polar surface area (TPSA) is 56.9 Å². The lowest BCUT2D eigenvalue weighted by atomic mass is 10.2. The zero-order valence-electron chi connectivity index (χ0n) is 12.7. The molecule has 3 N–H and O–H groups in total. The van der Waals surface area contributed by atoms with Gasteiger partial charge in [0, 0.05) is 39.3 Å². The summed E-state index contributed by atoms with van der Waals surface area (Å²) in [7, 11) is 0. The van der Waals surface area contributed by atoms with Crippen LogP contribution in [-0.4, -0.2) is 68.1 Å². The van der Waals surface area contributed by atoms with E-state index in [9.17, 15) is 0 Å². The molecule has 0 unspecified atom stereocenters. The number of nitrogens with one attached hydrogen (secondary N) is 1. The van der Waals surface area contributed by atoms with Gasteiger partial charge in [-0.3, -0.25) is 4.99 Å². The number of likely N-dealkylation sites (N-methyl/N-ethyl adjacent to an activating group) is 1. The maximum Gasteiger partial charge on any atom is 0.188 e. The van der Waals surface area contributed by atoms with E-state index in [0.717, 1.165) is 25.9 Å². The highest BCUT2D eigenvalue weighted by atomic mass is 15.3. The summed E-state index contributed by atoms with van der Waals surface area (Å²) in [5.41, 5.74) is 5.74. The fourth-order valence-corrected chi connectivity index (χ4v) is 2.29. The van der Waals surface area contributed by atoms with Crippen molar-refractivity contribution in [2.24, 2.45) is 10.7 Å². The summed E-state index contributed by atoms with van der Waals surface area (Å²) in [6.07, 6.45) is 3.45. The van der Waals surface area contributed by atoms with Gasteiger partial charge < -0.3 is 20.9 Å². The van der Waals surface area contributed by atoms with Crippen LogP contribution in [-0.2, 0) is 0 Å². The largest absolute Gasteiger partial charge is 0.370 e. The molecule has 1 aliphatic rings. The van der Waals surface area contributed by atoms with Crippen molar-refractivity contribution in [1.82, 2.24) is 15.1 Å². The van der Waals surface area contributed by atoms with Gasteiger partial charge in [-0.1, -0.05) is 13.8 Å². The van der Waals surface area contributed by atoms with Gasteiger partial charge in [-0.05, 0) is 32.4 Å². The highest BCUT2D eigenvalue weighted by Gasteiger charge is 2.14. The van der Waals surface area contributed by atoms with Gasteiger partial charge in [0.25, 0.3) is 0 Å². The molecule has 19 heavy (non-hydrogen) atoms. The average molecular weight is 269 g/mol. The van der Waals surface area contributed by atoms with Gasteiger partial charge in [0.2, 0.25) is 0 Å². The minimum absolute atomic E-state index is 0.596. The first-order valence-corrected chi connectivity index (χ1v) is 7.74. The van der Waals surface area contributed by atoms with Gasteiger partial charge in [-0.25, -0.2) is 0 Å². The molecule has 0 radical (unpaired) electrons. The summed E-state index contributed by atoms with van der Waals surface area (Å²) in [4.78, 5) is 9.30. The van der Waals surface area contributed by atoms with Crippen LogP contribution in [0.4, 0.5) is 0 Å².